The largest absolute Gasteiger partial charge is 0.465 e. The Balaban J connectivity index is 2.09. The second-order valence-electron chi connectivity index (χ2n) is 6.24. The third kappa shape index (κ3) is 7.75. The quantitative estimate of drug-likeness (QED) is 0.757. The van der Waals surface area contributed by atoms with Crippen molar-refractivity contribution in [2.75, 3.05) is 32.8 Å². The number of nitrogens with zero attached hydrogens (tertiary/aromatic N) is 1. The molecule has 0 spiro atoms. The highest BCUT2D eigenvalue weighted by Gasteiger charge is 2.23. The summed E-state index contributed by atoms with van der Waals surface area (Å²) in [6.45, 7) is 7.83. The summed E-state index contributed by atoms with van der Waals surface area (Å²) in [4.78, 5) is 23.7. The molecule has 0 radical (unpaired) electrons. The van der Waals surface area contributed by atoms with Crippen LogP contribution >= 0.6 is 0 Å². The molecule has 1 saturated heterocycles. The second-order valence-corrected chi connectivity index (χ2v) is 6.24. The maximum atomic E-state index is 11.4. The summed E-state index contributed by atoms with van der Waals surface area (Å²) in [5.74, 6) is 0.233. The van der Waals surface area contributed by atoms with Crippen molar-refractivity contribution in [3.05, 3.63) is 0 Å². The summed E-state index contributed by atoms with van der Waals surface area (Å²) in [6.07, 6.45) is 0.520. The monoisotopic (exact) mass is 302 g/mol. The molecule has 0 saturated carbocycles. The standard InChI is InChI=1S/C14H26N2O5/c1-14(2,3)21-12(17)15-6-8-20-10-11-5-4-7-16(9-11)13(18)19/h11H,4-10H2,1-3H3,(H,15,17)(H,18,19). The van der Waals surface area contributed by atoms with Gasteiger partial charge in [0.25, 0.3) is 0 Å². The number of nitrogens with one attached hydrogen (secondary N) is 1. The molecule has 0 aromatic heterocycles. The third-order valence-corrected chi connectivity index (χ3v) is 3.06. The van der Waals surface area contributed by atoms with Crippen LogP contribution in [0.5, 0.6) is 0 Å². The average molecular weight is 302 g/mol. The number of rotatable bonds is 5. The van der Waals surface area contributed by atoms with E-state index in [4.69, 9.17) is 14.6 Å². The van der Waals surface area contributed by atoms with Gasteiger partial charge in [-0.25, -0.2) is 9.59 Å². The minimum absolute atomic E-state index is 0.233. The summed E-state index contributed by atoms with van der Waals surface area (Å²) in [5.41, 5.74) is -0.507. The Labute approximate surface area is 125 Å². The van der Waals surface area contributed by atoms with Crippen molar-refractivity contribution in [1.82, 2.24) is 10.2 Å². The van der Waals surface area contributed by atoms with Gasteiger partial charge in [0.1, 0.15) is 5.60 Å². The molecular weight excluding hydrogens is 276 g/mol. The first kappa shape index (κ1) is 17.6. The first-order chi connectivity index (χ1) is 9.78. The van der Waals surface area contributed by atoms with E-state index >= 15 is 0 Å². The highest BCUT2D eigenvalue weighted by molar-refractivity contribution is 5.67. The molecule has 2 amide bonds. The van der Waals surface area contributed by atoms with Crippen molar-refractivity contribution in [3.63, 3.8) is 0 Å². The normalized spacial score (nSPS) is 19.2. The lowest BCUT2D eigenvalue weighted by molar-refractivity contribution is 0.0437. The number of carbonyl (C=O) groups excluding carboxylic acids is 1. The van der Waals surface area contributed by atoms with Gasteiger partial charge in [0.05, 0.1) is 13.2 Å². The zero-order valence-electron chi connectivity index (χ0n) is 13.1. The van der Waals surface area contributed by atoms with Crippen molar-refractivity contribution in [2.24, 2.45) is 5.92 Å². The Hall–Kier alpha value is -1.50. The number of piperidine rings is 1. The van der Waals surface area contributed by atoms with Gasteiger partial charge in [-0.1, -0.05) is 0 Å². The lowest BCUT2D eigenvalue weighted by Gasteiger charge is -2.30. The molecule has 1 atom stereocenters. The van der Waals surface area contributed by atoms with Crippen molar-refractivity contribution in [3.8, 4) is 0 Å². The second kappa shape index (κ2) is 8.07. The molecule has 7 nitrogen and oxygen atoms in total. The Kier molecular flexibility index (Phi) is 6.74. The number of carbonyl (C=O) groups is 2. The van der Waals surface area contributed by atoms with Crippen molar-refractivity contribution in [1.29, 1.82) is 0 Å². The lowest BCUT2D eigenvalue weighted by atomic mass is 9.99. The van der Waals surface area contributed by atoms with Crippen LogP contribution in [-0.4, -0.2) is 60.6 Å². The maximum Gasteiger partial charge on any atom is 0.407 e. The van der Waals surface area contributed by atoms with Crippen LogP contribution in [-0.2, 0) is 9.47 Å². The summed E-state index contributed by atoms with van der Waals surface area (Å²) >= 11 is 0. The first-order valence-electron chi connectivity index (χ1n) is 7.30. The number of hydrogen-bond donors (Lipinski definition) is 2. The van der Waals surface area contributed by atoms with E-state index in [9.17, 15) is 9.59 Å². The van der Waals surface area contributed by atoms with Gasteiger partial charge in [0, 0.05) is 25.6 Å². The molecule has 122 valence electrons. The minimum atomic E-state index is -0.869. The molecule has 0 aliphatic carbocycles. The molecular formula is C14H26N2O5. The van der Waals surface area contributed by atoms with Gasteiger partial charge in [0.2, 0.25) is 0 Å². The van der Waals surface area contributed by atoms with Crippen LogP contribution in [0.4, 0.5) is 9.59 Å². The molecule has 0 bridgehead atoms. The van der Waals surface area contributed by atoms with Crippen LogP contribution in [0.2, 0.25) is 0 Å². The van der Waals surface area contributed by atoms with Crippen LogP contribution in [0.3, 0.4) is 0 Å². The van der Waals surface area contributed by atoms with E-state index in [2.05, 4.69) is 5.32 Å². The van der Waals surface area contributed by atoms with E-state index in [1.165, 1.54) is 4.90 Å². The number of alkyl carbamates (subject to hydrolysis) is 1. The Morgan fingerprint density at radius 2 is 2.10 bits per heavy atom. The molecule has 1 unspecified atom stereocenters. The molecule has 1 fully saturated rings. The predicted molar refractivity (Wildman–Crippen MR) is 77.4 cm³/mol. The molecule has 21 heavy (non-hydrogen) atoms. The van der Waals surface area contributed by atoms with Gasteiger partial charge in [-0.15, -0.1) is 0 Å². The van der Waals surface area contributed by atoms with E-state index in [-0.39, 0.29) is 5.92 Å². The third-order valence-electron chi connectivity index (χ3n) is 3.06. The smallest absolute Gasteiger partial charge is 0.407 e. The molecule has 1 rings (SSSR count). The van der Waals surface area contributed by atoms with E-state index in [0.717, 1.165) is 12.8 Å². The SMILES string of the molecule is CC(C)(C)OC(=O)NCCOCC1CCCN(C(=O)O)C1. The zero-order valence-corrected chi connectivity index (χ0v) is 13.1. The van der Waals surface area contributed by atoms with Crippen molar-refractivity contribution < 1.29 is 24.2 Å². The Morgan fingerprint density at radius 3 is 2.71 bits per heavy atom. The van der Waals surface area contributed by atoms with Gasteiger partial charge in [0.15, 0.2) is 0 Å². The van der Waals surface area contributed by atoms with Gasteiger partial charge in [-0.05, 0) is 33.6 Å². The molecule has 0 aromatic rings. The lowest BCUT2D eigenvalue weighted by Crippen LogP contribution is -2.40. The Morgan fingerprint density at radius 1 is 1.38 bits per heavy atom. The number of hydrogen-bond acceptors (Lipinski definition) is 4. The molecule has 1 aliphatic rings. The Bertz CT molecular complexity index is 354. The number of likely N-dealkylation sites (tertiary alicyclic amines) is 1. The molecule has 0 aromatic carbocycles. The zero-order chi connectivity index (χ0) is 15.9. The average Bonchev–Trinajstić information content (AvgIpc) is 2.36. The molecule has 7 heteroatoms. The van der Waals surface area contributed by atoms with Crippen LogP contribution in [0, 0.1) is 5.92 Å². The number of carboxylic acid groups (broad SMARTS) is 1. The number of amides is 2. The van der Waals surface area contributed by atoms with Gasteiger partial charge < -0.3 is 24.8 Å². The predicted octanol–water partition coefficient (Wildman–Crippen LogP) is 1.92. The van der Waals surface area contributed by atoms with Gasteiger partial charge in [-0.3, -0.25) is 0 Å². The minimum Gasteiger partial charge on any atom is -0.465 e. The highest BCUT2D eigenvalue weighted by Crippen LogP contribution is 2.16. The fourth-order valence-electron chi connectivity index (χ4n) is 2.16. The van der Waals surface area contributed by atoms with Crippen LogP contribution in [0.25, 0.3) is 0 Å². The maximum absolute atomic E-state index is 11.4. The van der Waals surface area contributed by atoms with Crippen molar-refractivity contribution >= 4 is 12.2 Å². The fraction of sp³-hybridized carbons (Fsp3) is 0.857. The van der Waals surface area contributed by atoms with E-state index in [1.807, 2.05) is 0 Å². The van der Waals surface area contributed by atoms with E-state index < -0.39 is 17.8 Å². The van der Waals surface area contributed by atoms with Crippen LogP contribution in [0.15, 0.2) is 0 Å². The van der Waals surface area contributed by atoms with Crippen LogP contribution in [0.1, 0.15) is 33.6 Å². The summed E-state index contributed by atoms with van der Waals surface area (Å²) in [7, 11) is 0. The first-order valence-corrected chi connectivity index (χ1v) is 7.30. The van der Waals surface area contributed by atoms with Crippen molar-refractivity contribution in [2.45, 2.75) is 39.2 Å². The molecule has 2 N–H and O–H groups in total. The summed E-state index contributed by atoms with van der Waals surface area (Å²) < 4.78 is 10.6. The summed E-state index contributed by atoms with van der Waals surface area (Å²) in [6, 6.07) is 0. The molecule has 1 heterocycles. The fourth-order valence-corrected chi connectivity index (χ4v) is 2.16. The number of ether oxygens (including phenoxy) is 2. The van der Waals surface area contributed by atoms with Gasteiger partial charge in [-0.2, -0.15) is 0 Å². The van der Waals surface area contributed by atoms with Gasteiger partial charge >= 0.3 is 12.2 Å². The molecule has 1 aliphatic heterocycles. The topological polar surface area (TPSA) is 88.1 Å². The van der Waals surface area contributed by atoms with Crippen LogP contribution < -0.4 is 5.32 Å². The summed E-state index contributed by atoms with van der Waals surface area (Å²) in [5, 5.41) is 11.6. The van der Waals surface area contributed by atoms with E-state index in [1.54, 1.807) is 20.8 Å². The van der Waals surface area contributed by atoms with E-state index in [0.29, 0.717) is 32.8 Å². The highest BCUT2D eigenvalue weighted by atomic mass is 16.6.